The minimum Gasteiger partial charge on any atom is -0.398 e. The van der Waals surface area contributed by atoms with Crippen LogP contribution in [0.1, 0.15) is 5.56 Å². The lowest BCUT2D eigenvalue weighted by Crippen LogP contribution is -2.01. The number of para-hydroxylation sites is 1. The average molecular weight is 186 g/mol. The molecule has 14 heavy (non-hydrogen) atoms. The van der Waals surface area contributed by atoms with Crippen LogP contribution >= 0.6 is 0 Å². The summed E-state index contributed by atoms with van der Waals surface area (Å²) in [6, 6.07) is 7.49. The Morgan fingerprint density at radius 2 is 1.93 bits per heavy atom. The largest absolute Gasteiger partial charge is 0.398 e. The van der Waals surface area contributed by atoms with E-state index in [2.05, 4.69) is 13.2 Å². The molecular formula is C12H14N2. The van der Waals surface area contributed by atoms with Gasteiger partial charge in [-0.15, -0.1) is 0 Å². The number of nitrogen functional groups attached to an aromatic ring is 1. The van der Waals surface area contributed by atoms with Crippen LogP contribution < -0.4 is 11.5 Å². The van der Waals surface area contributed by atoms with Crippen LogP contribution in [-0.4, -0.2) is 0 Å². The van der Waals surface area contributed by atoms with Gasteiger partial charge in [0, 0.05) is 16.9 Å². The molecule has 2 heteroatoms. The van der Waals surface area contributed by atoms with Gasteiger partial charge in [-0.25, -0.2) is 0 Å². The summed E-state index contributed by atoms with van der Waals surface area (Å²) in [7, 11) is 0. The average Bonchev–Trinajstić information content (AvgIpc) is 2.18. The van der Waals surface area contributed by atoms with Gasteiger partial charge in [-0.1, -0.05) is 37.4 Å². The Hall–Kier alpha value is -1.96. The van der Waals surface area contributed by atoms with E-state index in [0.717, 1.165) is 11.1 Å². The zero-order chi connectivity index (χ0) is 10.6. The van der Waals surface area contributed by atoms with Gasteiger partial charge in [-0.2, -0.15) is 0 Å². The molecule has 1 aromatic carbocycles. The van der Waals surface area contributed by atoms with E-state index >= 15 is 0 Å². The van der Waals surface area contributed by atoms with Crippen molar-refractivity contribution in [3.05, 3.63) is 60.8 Å². The second kappa shape index (κ2) is 4.33. The summed E-state index contributed by atoms with van der Waals surface area (Å²) < 4.78 is 0. The number of allylic oxidation sites excluding steroid dienone is 3. The standard InChI is InChI=1S/C12H14N2/c1-3-6-11(13)9(2)10-7-4-5-8-12(10)14/h3-8H,1-2,13-14H2/b11-6+. The molecule has 0 saturated heterocycles. The van der Waals surface area contributed by atoms with Gasteiger partial charge in [0.05, 0.1) is 0 Å². The molecular weight excluding hydrogens is 172 g/mol. The highest BCUT2D eigenvalue weighted by Gasteiger charge is 2.03. The van der Waals surface area contributed by atoms with E-state index in [4.69, 9.17) is 11.5 Å². The summed E-state index contributed by atoms with van der Waals surface area (Å²) in [5.41, 5.74) is 14.4. The van der Waals surface area contributed by atoms with E-state index < -0.39 is 0 Å². The molecule has 0 bridgehead atoms. The van der Waals surface area contributed by atoms with Gasteiger partial charge in [-0.05, 0) is 17.7 Å². The fraction of sp³-hybridized carbons (Fsp3) is 0. The van der Waals surface area contributed by atoms with Crippen molar-refractivity contribution >= 4 is 11.3 Å². The second-order valence-electron chi connectivity index (χ2n) is 2.92. The monoisotopic (exact) mass is 186 g/mol. The molecule has 0 aliphatic carbocycles. The molecule has 0 unspecified atom stereocenters. The van der Waals surface area contributed by atoms with Crippen molar-refractivity contribution < 1.29 is 0 Å². The third kappa shape index (κ3) is 2.04. The minimum absolute atomic E-state index is 0.581. The van der Waals surface area contributed by atoms with Crippen molar-refractivity contribution in [1.82, 2.24) is 0 Å². The first kappa shape index (κ1) is 10.1. The highest BCUT2D eigenvalue weighted by Crippen LogP contribution is 2.23. The fourth-order valence-electron chi connectivity index (χ4n) is 1.15. The Balaban J connectivity index is 3.07. The van der Waals surface area contributed by atoms with Gasteiger partial charge in [0.25, 0.3) is 0 Å². The van der Waals surface area contributed by atoms with Crippen LogP contribution in [0.3, 0.4) is 0 Å². The third-order valence-corrected chi connectivity index (χ3v) is 1.93. The van der Waals surface area contributed by atoms with E-state index in [1.807, 2.05) is 24.3 Å². The Labute approximate surface area is 84.2 Å². The van der Waals surface area contributed by atoms with Crippen LogP contribution in [0.2, 0.25) is 0 Å². The smallest absolute Gasteiger partial charge is 0.0394 e. The first-order valence-corrected chi connectivity index (χ1v) is 4.29. The van der Waals surface area contributed by atoms with Gasteiger partial charge in [0.1, 0.15) is 0 Å². The molecule has 0 amide bonds. The van der Waals surface area contributed by atoms with Crippen molar-refractivity contribution in [3.63, 3.8) is 0 Å². The highest BCUT2D eigenvalue weighted by atomic mass is 14.6. The zero-order valence-electron chi connectivity index (χ0n) is 8.03. The first-order valence-electron chi connectivity index (χ1n) is 4.29. The molecule has 1 aromatic rings. The molecule has 0 aromatic heterocycles. The van der Waals surface area contributed by atoms with E-state index in [9.17, 15) is 0 Å². The maximum absolute atomic E-state index is 5.79. The summed E-state index contributed by atoms with van der Waals surface area (Å²) in [4.78, 5) is 0. The third-order valence-electron chi connectivity index (χ3n) is 1.93. The molecule has 4 N–H and O–H groups in total. The number of nitrogens with two attached hydrogens (primary N) is 2. The fourth-order valence-corrected chi connectivity index (χ4v) is 1.15. The summed E-state index contributed by atoms with van der Waals surface area (Å²) in [5, 5.41) is 0. The van der Waals surface area contributed by atoms with Crippen molar-refractivity contribution in [2.24, 2.45) is 5.73 Å². The SMILES string of the molecule is C=C/C=C(/N)C(=C)c1ccccc1N. The van der Waals surface area contributed by atoms with E-state index in [0.29, 0.717) is 11.4 Å². The van der Waals surface area contributed by atoms with Gasteiger partial charge in [0.15, 0.2) is 0 Å². The van der Waals surface area contributed by atoms with Crippen molar-refractivity contribution in [3.8, 4) is 0 Å². The van der Waals surface area contributed by atoms with E-state index in [1.165, 1.54) is 0 Å². The van der Waals surface area contributed by atoms with Gasteiger partial charge >= 0.3 is 0 Å². The summed E-state index contributed by atoms with van der Waals surface area (Å²) in [5.74, 6) is 0. The van der Waals surface area contributed by atoms with Gasteiger partial charge < -0.3 is 11.5 Å². The Morgan fingerprint density at radius 3 is 2.50 bits per heavy atom. The minimum atomic E-state index is 0.581. The molecule has 1 rings (SSSR count). The summed E-state index contributed by atoms with van der Waals surface area (Å²) >= 11 is 0. The maximum Gasteiger partial charge on any atom is 0.0394 e. The molecule has 0 saturated carbocycles. The van der Waals surface area contributed by atoms with Crippen molar-refractivity contribution in [2.75, 3.05) is 5.73 Å². The first-order chi connectivity index (χ1) is 6.66. The second-order valence-corrected chi connectivity index (χ2v) is 2.92. The number of anilines is 1. The van der Waals surface area contributed by atoms with Crippen LogP contribution in [0, 0.1) is 0 Å². The van der Waals surface area contributed by atoms with Crippen LogP contribution in [0.4, 0.5) is 5.69 Å². The molecule has 72 valence electrons. The van der Waals surface area contributed by atoms with Crippen LogP contribution in [-0.2, 0) is 0 Å². The van der Waals surface area contributed by atoms with Gasteiger partial charge in [-0.3, -0.25) is 0 Å². The zero-order valence-corrected chi connectivity index (χ0v) is 8.03. The van der Waals surface area contributed by atoms with Crippen LogP contribution in [0.15, 0.2) is 55.3 Å². The normalized spacial score (nSPS) is 11.0. The topological polar surface area (TPSA) is 52.0 Å². The summed E-state index contributed by atoms with van der Waals surface area (Å²) in [6.45, 7) is 7.45. The lowest BCUT2D eigenvalue weighted by atomic mass is 10.0. The van der Waals surface area contributed by atoms with E-state index in [1.54, 1.807) is 12.2 Å². The molecule has 0 heterocycles. The molecule has 2 nitrogen and oxygen atoms in total. The van der Waals surface area contributed by atoms with Crippen molar-refractivity contribution in [2.45, 2.75) is 0 Å². The maximum atomic E-state index is 5.79. The van der Waals surface area contributed by atoms with E-state index in [-0.39, 0.29) is 0 Å². The van der Waals surface area contributed by atoms with Crippen molar-refractivity contribution in [1.29, 1.82) is 0 Å². The Bertz CT molecular complexity index is 389. The molecule has 0 aliphatic rings. The lowest BCUT2D eigenvalue weighted by molar-refractivity contribution is 1.43. The number of hydrogen-bond donors (Lipinski definition) is 2. The summed E-state index contributed by atoms with van der Waals surface area (Å²) in [6.07, 6.45) is 3.33. The number of rotatable bonds is 3. The van der Waals surface area contributed by atoms with Crippen LogP contribution in [0.5, 0.6) is 0 Å². The molecule has 0 spiro atoms. The predicted octanol–water partition coefficient (Wildman–Crippen LogP) is 2.31. The molecule has 0 aliphatic heterocycles. The molecule has 0 atom stereocenters. The van der Waals surface area contributed by atoms with Crippen LogP contribution in [0.25, 0.3) is 5.57 Å². The quantitative estimate of drug-likeness (QED) is 0.562. The lowest BCUT2D eigenvalue weighted by Gasteiger charge is -2.08. The molecule has 0 radical (unpaired) electrons. The van der Waals surface area contributed by atoms with Gasteiger partial charge in [0.2, 0.25) is 0 Å². The highest BCUT2D eigenvalue weighted by molar-refractivity contribution is 5.82. The number of hydrogen-bond acceptors (Lipinski definition) is 2. The Morgan fingerprint density at radius 1 is 1.29 bits per heavy atom. The number of benzene rings is 1. The molecule has 0 fully saturated rings. The Kier molecular flexibility index (Phi) is 3.13. The predicted molar refractivity (Wildman–Crippen MR) is 62.4 cm³/mol.